The van der Waals surface area contributed by atoms with Crippen LogP contribution in [0.3, 0.4) is 0 Å². The summed E-state index contributed by atoms with van der Waals surface area (Å²) in [7, 11) is 1.46. The van der Waals surface area contributed by atoms with Crippen LogP contribution in [0.2, 0.25) is 0 Å². The molecule has 0 saturated heterocycles. The number of hydrogen-bond acceptors (Lipinski definition) is 3. The Labute approximate surface area is 97.1 Å². The molecule has 3 unspecified atom stereocenters. The van der Waals surface area contributed by atoms with Crippen LogP contribution in [0.25, 0.3) is 0 Å². The fourth-order valence-corrected chi connectivity index (χ4v) is 3.83. The number of methoxy groups -OCH3 is 1. The molecular formula is C12H22O2S. The van der Waals surface area contributed by atoms with E-state index >= 15 is 0 Å². The van der Waals surface area contributed by atoms with Crippen molar-refractivity contribution < 1.29 is 9.53 Å². The molecule has 0 aromatic rings. The minimum atomic E-state index is -0.0844. The predicted octanol–water partition coefficient (Wildman–Crippen LogP) is 3.25. The van der Waals surface area contributed by atoms with Crippen molar-refractivity contribution in [1.29, 1.82) is 0 Å². The highest BCUT2D eigenvalue weighted by Crippen LogP contribution is 2.34. The molecule has 2 nitrogen and oxygen atoms in total. The number of thioether (sulfide) groups is 1. The Morgan fingerprint density at radius 3 is 2.87 bits per heavy atom. The van der Waals surface area contributed by atoms with Crippen LogP contribution in [-0.4, -0.2) is 23.6 Å². The number of carbonyl (C=O) groups excluding carboxylic acids is 1. The summed E-state index contributed by atoms with van der Waals surface area (Å²) in [4.78, 5) is 11.1. The first-order valence-corrected chi connectivity index (χ1v) is 6.78. The molecule has 1 aliphatic carbocycles. The average molecular weight is 230 g/mol. The van der Waals surface area contributed by atoms with E-state index in [9.17, 15) is 4.79 Å². The van der Waals surface area contributed by atoms with Gasteiger partial charge in [-0.15, -0.1) is 0 Å². The van der Waals surface area contributed by atoms with E-state index < -0.39 is 0 Å². The SMILES string of the molecule is COC(=O)CC(C)SC1CCCC(C)C1. The molecule has 0 aromatic carbocycles. The van der Waals surface area contributed by atoms with Gasteiger partial charge in [-0.3, -0.25) is 4.79 Å². The quantitative estimate of drug-likeness (QED) is 0.693. The van der Waals surface area contributed by atoms with Gasteiger partial charge in [-0.2, -0.15) is 11.8 Å². The van der Waals surface area contributed by atoms with Gasteiger partial charge in [0.15, 0.2) is 0 Å². The number of ether oxygens (including phenoxy) is 1. The topological polar surface area (TPSA) is 26.3 Å². The van der Waals surface area contributed by atoms with Gasteiger partial charge in [0.2, 0.25) is 0 Å². The third-order valence-corrected chi connectivity index (χ3v) is 4.44. The third-order valence-electron chi connectivity index (χ3n) is 2.99. The Bertz CT molecular complexity index is 206. The first-order chi connectivity index (χ1) is 7.11. The molecule has 0 aromatic heterocycles. The van der Waals surface area contributed by atoms with Crippen molar-refractivity contribution >= 4 is 17.7 Å². The lowest BCUT2D eigenvalue weighted by molar-refractivity contribution is -0.140. The number of rotatable bonds is 4. The monoisotopic (exact) mass is 230 g/mol. The Morgan fingerprint density at radius 2 is 2.27 bits per heavy atom. The van der Waals surface area contributed by atoms with Crippen LogP contribution in [0, 0.1) is 5.92 Å². The fourth-order valence-electron chi connectivity index (χ4n) is 2.20. The molecule has 0 aliphatic heterocycles. The second-order valence-electron chi connectivity index (χ2n) is 4.62. The Balaban J connectivity index is 2.24. The molecule has 1 saturated carbocycles. The van der Waals surface area contributed by atoms with Gasteiger partial charge in [-0.25, -0.2) is 0 Å². The third kappa shape index (κ3) is 4.92. The van der Waals surface area contributed by atoms with Crippen molar-refractivity contribution in [3.05, 3.63) is 0 Å². The zero-order valence-electron chi connectivity index (χ0n) is 9.99. The van der Waals surface area contributed by atoms with Gasteiger partial charge in [0.05, 0.1) is 13.5 Å². The lowest BCUT2D eigenvalue weighted by Gasteiger charge is -2.28. The van der Waals surface area contributed by atoms with Crippen molar-refractivity contribution in [1.82, 2.24) is 0 Å². The van der Waals surface area contributed by atoms with Crippen LogP contribution in [-0.2, 0) is 9.53 Å². The zero-order chi connectivity index (χ0) is 11.3. The van der Waals surface area contributed by atoms with Gasteiger partial charge in [-0.1, -0.05) is 26.7 Å². The Kier molecular flexibility index (Phi) is 5.51. The fraction of sp³-hybridized carbons (Fsp3) is 0.917. The van der Waals surface area contributed by atoms with Crippen molar-refractivity contribution in [2.45, 2.75) is 56.5 Å². The summed E-state index contributed by atoms with van der Waals surface area (Å²) in [6, 6.07) is 0. The van der Waals surface area contributed by atoms with Crippen molar-refractivity contribution in [3.63, 3.8) is 0 Å². The highest BCUT2D eigenvalue weighted by Gasteiger charge is 2.22. The first-order valence-electron chi connectivity index (χ1n) is 5.84. The largest absolute Gasteiger partial charge is 0.469 e. The van der Waals surface area contributed by atoms with Gasteiger partial charge in [0, 0.05) is 10.5 Å². The van der Waals surface area contributed by atoms with Gasteiger partial charge < -0.3 is 4.74 Å². The molecule has 15 heavy (non-hydrogen) atoms. The Morgan fingerprint density at radius 1 is 1.53 bits per heavy atom. The van der Waals surface area contributed by atoms with Crippen molar-refractivity contribution in [2.24, 2.45) is 5.92 Å². The van der Waals surface area contributed by atoms with Crippen LogP contribution in [0.1, 0.15) is 46.0 Å². The summed E-state index contributed by atoms with van der Waals surface area (Å²) >= 11 is 1.97. The van der Waals surface area contributed by atoms with E-state index in [4.69, 9.17) is 0 Å². The van der Waals surface area contributed by atoms with E-state index in [0.717, 1.165) is 11.2 Å². The van der Waals surface area contributed by atoms with Crippen LogP contribution in [0.15, 0.2) is 0 Å². The second-order valence-corrected chi connectivity index (χ2v) is 6.36. The lowest BCUT2D eigenvalue weighted by atomic mass is 9.91. The summed E-state index contributed by atoms with van der Waals surface area (Å²) in [6.45, 7) is 4.46. The molecule has 3 heteroatoms. The first kappa shape index (κ1) is 12.9. The number of carbonyl (C=O) groups is 1. The van der Waals surface area contributed by atoms with E-state index in [1.165, 1.54) is 32.8 Å². The van der Waals surface area contributed by atoms with E-state index in [1.807, 2.05) is 11.8 Å². The van der Waals surface area contributed by atoms with Crippen LogP contribution in [0.4, 0.5) is 0 Å². The van der Waals surface area contributed by atoms with E-state index in [2.05, 4.69) is 18.6 Å². The van der Waals surface area contributed by atoms with E-state index in [-0.39, 0.29) is 5.97 Å². The predicted molar refractivity (Wildman–Crippen MR) is 65.1 cm³/mol. The molecule has 0 amide bonds. The van der Waals surface area contributed by atoms with Gasteiger partial charge in [-0.05, 0) is 18.8 Å². The summed E-state index contributed by atoms with van der Waals surface area (Å²) < 4.78 is 4.68. The van der Waals surface area contributed by atoms with Gasteiger partial charge >= 0.3 is 5.97 Å². The standard InChI is InChI=1S/C12H22O2S/c1-9-5-4-6-11(7-9)15-10(2)8-12(13)14-3/h9-11H,4-8H2,1-3H3. The summed E-state index contributed by atoms with van der Waals surface area (Å²) in [6.07, 6.45) is 5.91. The molecule has 0 spiro atoms. The molecule has 1 aliphatic rings. The second kappa shape index (κ2) is 6.41. The summed E-state index contributed by atoms with van der Waals surface area (Å²) in [5.41, 5.74) is 0. The molecular weight excluding hydrogens is 208 g/mol. The minimum absolute atomic E-state index is 0.0844. The smallest absolute Gasteiger partial charge is 0.306 e. The maximum absolute atomic E-state index is 11.1. The maximum atomic E-state index is 11.1. The molecule has 3 atom stereocenters. The molecule has 0 heterocycles. The number of esters is 1. The van der Waals surface area contributed by atoms with Crippen LogP contribution in [0.5, 0.6) is 0 Å². The summed E-state index contributed by atoms with van der Waals surface area (Å²) in [5, 5.41) is 1.15. The minimum Gasteiger partial charge on any atom is -0.469 e. The molecule has 0 radical (unpaired) electrons. The van der Waals surface area contributed by atoms with Crippen molar-refractivity contribution in [2.75, 3.05) is 7.11 Å². The van der Waals surface area contributed by atoms with Crippen molar-refractivity contribution in [3.8, 4) is 0 Å². The zero-order valence-corrected chi connectivity index (χ0v) is 10.8. The summed E-state index contributed by atoms with van der Waals surface area (Å²) in [5.74, 6) is 0.778. The normalized spacial score (nSPS) is 28.5. The maximum Gasteiger partial charge on any atom is 0.306 e. The van der Waals surface area contributed by atoms with E-state index in [0.29, 0.717) is 11.7 Å². The van der Waals surface area contributed by atoms with E-state index in [1.54, 1.807) is 0 Å². The van der Waals surface area contributed by atoms with Crippen LogP contribution < -0.4 is 0 Å². The molecule has 88 valence electrons. The van der Waals surface area contributed by atoms with Gasteiger partial charge in [0.25, 0.3) is 0 Å². The Hall–Kier alpha value is -0.180. The highest BCUT2D eigenvalue weighted by molar-refractivity contribution is 8.00. The molecule has 1 rings (SSSR count). The lowest BCUT2D eigenvalue weighted by Crippen LogP contribution is -2.19. The number of hydrogen-bond donors (Lipinski definition) is 0. The van der Waals surface area contributed by atoms with Gasteiger partial charge in [0.1, 0.15) is 0 Å². The molecule has 0 N–H and O–H groups in total. The van der Waals surface area contributed by atoms with Crippen LogP contribution >= 0.6 is 11.8 Å². The molecule has 1 fully saturated rings. The average Bonchev–Trinajstić information content (AvgIpc) is 2.17. The highest BCUT2D eigenvalue weighted by atomic mass is 32.2. The molecule has 0 bridgehead atoms.